The number of nitrogens with one attached hydrogen (secondary N) is 2. The Hall–Kier alpha value is -1.68. The molecule has 0 radical (unpaired) electrons. The van der Waals surface area contributed by atoms with Crippen molar-refractivity contribution in [3.05, 3.63) is 41.7 Å². The molecule has 0 fully saturated rings. The molecule has 0 saturated heterocycles. The zero-order valence-electron chi connectivity index (χ0n) is 10.0. The highest BCUT2D eigenvalue weighted by atomic mass is 19.1. The minimum absolute atomic E-state index is 0.0415. The monoisotopic (exact) mass is 236 g/mol. The normalized spacial score (nSPS) is 12.6. The van der Waals surface area contributed by atoms with Crippen LogP contribution in [-0.2, 0) is 4.79 Å². The first-order chi connectivity index (χ1) is 8.13. The first-order valence-corrected chi connectivity index (χ1v) is 5.50. The van der Waals surface area contributed by atoms with Crippen molar-refractivity contribution in [2.24, 2.45) is 0 Å². The molecule has 2 N–H and O–H groups in total. The lowest BCUT2D eigenvalue weighted by Gasteiger charge is -2.09. The molecule has 1 amide bonds. The highest BCUT2D eigenvalue weighted by Crippen LogP contribution is 2.04. The fourth-order valence-electron chi connectivity index (χ4n) is 1.32. The molecule has 0 spiro atoms. The number of hydrogen-bond donors (Lipinski definition) is 2. The molecule has 0 aliphatic rings. The Bertz CT molecular complexity index is 387. The summed E-state index contributed by atoms with van der Waals surface area (Å²) in [4.78, 5) is 11.2. The molecule has 17 heavy (non-hydrogen) atoms. The Morgan fingerprint density at radius 2 is 2.06 bits per heavy atom. The summed E-state index contributed by atoms with van der Waals surface area (Å²) in [5.41, 5.74) is 0.931. The van der Waals surface area contributed by atoms with Crippen LogP contribution in [0.2, 0.25) is 0 Å². The van der Waals surface area contributed by atoms with Gasteiger partial charge in [-0.05, 0) is 24.6 Å². The van der Waals surface area contributed by atoms with Crippen LogP contribution in [0.1, 0.15) is 12.5 Å². The predicted molar refractivity (Wildman–Crippen MR) is 67.0 cm³/mol. The summed E-state index contributed by atoms with van der Waals surface area (Å²) >= 11 is 0. The summed E-state index contributed by atoms with van der Waals surface area (Å²) in [6.07, 6.45) is 3.77. The van der Waals surface area contributed by atoms with Gasteiger partial charge in [0, 0.05) is 13.6 Å². The van der Waals surface area contributed by atoms with Crippen LogP contribution in [0.5, 0.6) is 0 Å². The standard InChI is InChI=1S/C13H17FN2O/c1-10(13(17)15-2)16-9-3-4-11-5-7-12(14)8-6-11/h3-8,10,16H,9H2,1-2H3,(H,15,17)/b4-3+/t10-/m1/s1. The van der Waals surface area contributed by atoms with Crippen LogP contribution < -0.4 is 10.6 Å². The number of amides is 1. The molecule has 92 valence electrons. The lowest BCUT2D eigenvalue weighted by atomic mass is 10.2. The van der Waals surface area contributed by atoms with Crippen LogP contribution in [0.15, 0.2) is 30.3 Å². The molecule has 0 aliphatic heterocycles. The zero-order chi connectivity index (χ0) is 12.7. The summed E-state index contributed by atoms with van der Waals surface area (Å²) < 4.78 is 12.6. The molecule has 0 aromatic heterocycles. The summed E-state index contributed by atoms with van der Waals surface area (Å²) in [5.74, 6) is -0.284. The van der Waals surface area contributed by atoms with E-state index in [1.54, 1.807) is 26.1 Å². The lowest BCUT2D eigenvalue weighted by molar-refractivity contribution is -0.122. The van der Waals surface area contributed by atoms with E-state index in [1.807, 2.05) is 12.2 Å². The van der Waals surface area contributed by atoms with E-state index in [2.05, 4.69) is 10.6 Å². The molecule has 0 heterocycles. The van der Waals surface area contributed by atoms with E-state index in [4.69, 9.17) is 0 Å². The van der Waals surface area contributed by atoms with Crippen molar-refractivity contribution in [3.8, 4) is 0 Å². The molecule has 0 saturated carbocycles. The fourth-order valence-corrected chi connectivity index (χ4v) is 1.32. The number of benzene rings is 1. The topological polar surface area (TPSA) is 41.1 Å². The minimum Gasteiger partial charge on any atom is -0.358 e. The molecule has 0 aliphatic carbocycles. The number of carbonyl (C=O) groups is 1. The molecule has 1 aromatic rings. The third-order valence-electron chi connectivity index (χ3n) is 2.36. The third-order valence-corrected chi connectivity index (χ3v) is 2.36. The Balaban J connectivity index is 2.36. The highest BCUT2D eigenvalue weighted by molar-refractivity contribution is 5.80. The largest absolute Gasteiger partial charge is 0.358 e. The second kappa shape index (κ2) is 6.81. The van der Waals surface area contributed by atoms with Crippen molar-refractivity contribution in [1.29, 1.82) is 0 Å². The molecule has 1 atom stereocenters. The van der Waals surface area contributed by atoms with Gasteiger partial charge >= 0.3 is 0 Å². The summed E-state index contributed by atoms with van der Waals surface area (Å²) in [6, 6.07) is 6.01. The third kappa shape index (κ3) is 4.78. The average molecular weight is 236 g/mol. The van der Waals surface area contributed by atoms with Gasteiger partial charge in [0.2, 0.25) is 5.91 Å². The maximum Gasteiger partial charge on any atom is 0.236 e. The van der Waals surface area contributed by atoms with Crippen LogP contribution in [0, 0.1) is 5.82 Å². The Labute approximate surface area is 101 Å². The van der Waals surface area contributed by atoms with Gasteiger partial charge in [-0.2, -0.15) is 0 Å². The fraction of sp³-hybridized carbons (Fsp3) is 0.308. The first-order valence-electron chi connectivity index (χ1n) is 5.50. The number of hydrogen-bond acceptors (Lipinski definition) is 2. The van der Waals surface area contributed by atoms with Gasteiger partial charge in [-0.3, -0.25) is 4.79 Å². The maximum atomic E-state index is 12.6. The molecule has 3 nitrogen and oxygen atoms in total. The van der Waals surface area contributed by atoms with Crippen LogP contribution in [-0.4, -0.2) is 25.5 Å². The lowest BCUT2D eigenvalue weighted by Crippen LogP contribution is -2.40. The van der Waals surface area contributed by atoms with Gasteiger partial charge in [-0.1, -0.05) is 24.3 Å². The minimum atomic E-state index is -0.242. The molecule has 4 heteroatoms. The zero-order valence-corrected chi connectivity index (χ0v) is 10.0. The first kappa shape index (κ1) is 13.4. The second-order valence-corrected chi connectivity index (χ2v) is 3.70. The quantitative estimate of drug-likeness (QED) is 0.814. The van der Waals surface area contributed by atoms with Gasteiger partial charge in [-0.25, -0.2) is 4.39 Å². The van der Waals surface area contributed by atoms with E-state index in [-0.39, 0.29) is 17.8 Å². The van der Waals surface area contributed by atoms with Crippen LogP contribution in [0.25, 0.3) is 6.08 Å². The molecule has 0 unspecified atom stereocenters. The van der Waals surface area contributed by atoms with E-state index in [1.165, 1.54) is 12.1 Å². The number of likely N-dealkylation sites (N-methyl/N-ethyl adjacent to an activating group) is 1. The molecule has 1 rings (SSSR count). The molecule has 1 aromatic carbocycles. The van der Waals surface area contributed by atoms with Gasteiger partial charge in [0.25, 0.3) is 0 Å². The Morgan fingerprint density at radius 1 is 1.41 bits per heavy atom. The average Bonchev–Trinajstić information content (AvgIpc) is 2.35. The van der Waals surface area contributed by atoms with E-state index in [9.17, 15) is 9.18 Å². The van der Waals surface area contributed by atoms with Gasteiger partial charge in [0.15, 0.2) is 0 Å². The Morgan fingerprint density at radius 3 is 2.65 bits per heavy atom. The smallest absolute Gasteiger partial charge is 0.236 e. The van der Waals surface area contributed by atoms with Gasteiger partial charge in [0.05, 0.1) is 6.04 Å². The van der Waals surface area contributed by atoms with Crippen molar-refractivity contribution < 1.29 is 9.18 Å². The molecule has 0 bridgehead atoms. The van der Waals surface area contributed by atoms with Gasteiger partial charge < -0.3 is 10.6 Å². The van der Waals surface area contributed by atoms with Crippen molar-refractivity contribution in [2.45, 2.75) is 13.0 Å². The van der Waals surface area contributed by atoms with Crippen LogP contribution >= 0.6 is 0 Å². The van der Waals surface area contributed by atoms with Gasteiger partial charge in [0.1, 0.15) is 5.82 Å². The predicted octanol–water partition coefficient (Wildman–Crippen LogP) is 1.56. The van der Waals surface area contributed by atoms with Crippen molar-refractivity contribution in [3.63, 3.8) is 0 Å². The number of halogens is 1. The summed E-state index contributed by atoms with van der Waals surface area (Å²) in [7, 11) is 1.61. The van der Waals surface area contributed by atoms with E-state index < -0.39 is 0 Å². The van der Waals surface area contributed by atoms with Crippen molar-refractivity contribution in [1.82, 2.24) is 10.6 Å². The van der Waals surface area contributed by atoms with Crippen molar-refractivity contribution >= 4 is 12.0 Å². The highest BCUT2D eigenvalue weighted by Gasteiger charge is 2.07. The molecular formula is C13H17FN2O. The number of carbonyl (C=O) groups excluding carboxylic acids is 1. The SMILES string of the molecule is CNC(=O)[C@@H](C)NC/C=C/c1ccc(F)cc1. The van der Waals surface area contributed by atoms with E-state index in [0.29, 0.717) is 6.54 Å². The van der Waals surface area contributed by atoms with Crippen LogP contribution in [0.4, 0.5) is 4.39 Å². The second-order valence-electron chi connectivity index (χ2n) is 3.70. The molecular weight excluding hydrogens is 219 g/mol. The summed E-state index contributed by atoms with van der Waals surface area (Å²) in [5, 5.41) is 5.60. The van der Waals surface area contributed by atoms with E-state index >= 15 is 0 Å². The van der Waals surface area contributed by atoms with E-state index in [0.717, 1.165) is 5.56 Å². The Kier molecular flexibility index (Phi) is 5.36. The van der Waals surface area contributed by atoms with Crippen LogP contribution in [0.3, 0.4) is 0 Å². The number of rotatable bonds is 5. The van der Waals surface area contributed by atoms with Gasteiger partial charge in [-0.15, -0.1) is 0 Å². The van der Waals surface area contributed by atoms with Crippen molar-refractivity contribution in [2.75, 3.05) is 13.6 Å². The summed E-state index contributed by atoms with van der Waals surface area (Å²) in [6.45, 7) is 2.39. The maximum absolute atomic E-state index is 12.6.